The Morgan fingerprint density at radius 2 is 1.91 bits per heavy atom. The highest BCUT2D eigenvalue weighted by atomic mass is 16.6. The summed E-state index contributed by atoms with van der Waals surface area (Å²) in [6, 6.07) is 17.9. The van der Waals surface area contributed by atoms with Crippen LogP contribution in [0.4, 0.5) is 4.79 Å². The maximum atomic E-state index is 13.1. The molecule has 2 aromatic heterocycles. The van der Waals surface area contributed by atoms with Crippen LogP contribution in [0.5, 0.6) is 5.88 Å². The molecule has 176 valence electrons. The monoisotopic (exact) mass is 458 g/mol. The fourth-order valence-electron chi connectivity index (χ4n) is 5.05. The predicted molar refractivity (Wildman–Crippen MR) is 129 cm³/mol. The normalized spacial score (nSPS) is 16.7. The molecule has 7 heteroatoms. The fraction of sp³-hybridized carbons (Fsp3) is 0.370. The zero-order valence-corrected chi connectivity index (χ0v) is 19.5. The van der Waals surface area contributed by atoms with Gasteiger partial charge in [-0.3, -0.25) is 4.98 Å². The third-order valence-electron chi connectivity index (χ3n) is 6.73. The molecule has 0 aliphatic carbocycles. The lowest BCUT2D eigenvalue weighted by Crippen LogP contribution is -2.52. The lowest BCUT2D eigenvalue weighted by atomic mass is 9.70. The first kappa shape index (κ1) is 22.3. The molecule has 2 aliphatic rings. The molecule has 2 aliphatic heterocycles. The maximum absolute atomic E-state index is 13.1. The Morgan fingerprint density at radius 1 is 1.09 bits per heavy atom. The van der Waals surface area contributed by atoms with Crippen LogP contribution < -0.4 is 10.1 Å². The summed E-state index contributed by atoms with van der Waals surface area (Å²) >= 11 is 0. The van der Waals surface area contributed by atoms with E-state index in [0.29, 0.717) is 25.6 Å². The van der Waals surface area contributed by atoms with E-state index in [0.717, 1.165) is 48.4 Å². The average molecular weight is 459 g/mol. The topological polar surface area (TPSA) is 76.6 Å². The Balaban J connectivity index is 1.45. The van der Waals surface area contributed by atoms with E-state index in [9.17, 15) is 4.79 Å². The fourth-order valence-corrected chi connectivity index (χ4v) is 5.05. The van der Waals surface area contributed by atoms with Gasteiger partial charge in [0.15, 0.2) is 0 Å². The van der Waals surface area contributed by atoms with Gasteiger partial charge < -0.3 is 19.7 Å². The first-order valence-corrected chi connectivity index (χ1v) is 11.9. The molecule has 4 heterocycles. The van der Waals surface area contributed by atoms with Gasteiger partial charge in [-0.05, 0) is 62.2 Å². The van der Waals surface area contributed by atoms with E-state index in [-0.39, 0.29) is 18.1 Å². The molecule has 34 heavy (non-hydrogen) atoms. The number of ether oxygens (including phenoxy) is 2. The van der Waals surface area contributed by atoms with E-state index >= 15 is 0 Å². The van der Waals surface area contributed by atoms with E-state index in [1.165, 1.54) is 5.56 Å². The van der Waals surface area contributed by atoms with Crippen molar-refractivity contribution in [3.63, 3.8) is 0 Å². The Labute approximate surface area is 200 Å². The lowest BCUT2D eigenvalue weighted by Gasteiger charge is -2.45. The molecule has 1 fully saturated rings. The van der Waals surface area contributed by atoms with Crippen molar-refractivity contribution in [2.45, 2.75) is 38.3 Å². The van der Waals surface area contributed by atoms with Crippen molar-refractivity contribution in [1.82, 2.24) is 20.2 Å². The molecule has 0 radical (unpaired) electrons. The van der Waals surface area contributed by atoms with Gasteiger partial charge in [0.25, 0.3) is 0 Å². The number of fused-ring (bicyclic) bond motifs is 2. The number of nitrogens with zero attached hydrogens (tertiary/aromatic N) is 3. The van der Waals surface area contributed by atoms with Crippen LogP contribution in [0.3, 0.4) is 0 Å². The van der Waals surface area contributed by atoms with Crippen molar-refractivity contribution in [1.29, 1.82) is 0 Å². The number of hydrogen-bond donors (Lipinski definition) is 1. The van der Waals surface area contributed by atoms with Gasteiger partial charge in [0.2, 0.25) is 5.88 Å². The summed E-state index contributed by atoms with van der Waals surface area (Å²) < 4.78 is 11.4. The zero-order chi connectivity index (χ0) is 23.4. The van der Waals surface area contributed by atoms with Gasteiger partial charge in [-0.15, -0.1) is 0 Å². The second-order valence-corrected chi connectivity index (χ2v) is 8.91. The smallest absolute Gasteiger partial charge is 0.410 e. The summed E-state index contributed by atoms with van der Waals surface area (Å²) in [6.45, 7) is 5.66. The Bertz CT molecular complexity index is 1150. The zero-order valence-electron chi connectivity index (χ0n) is 19.5. The molecule has 1 saturated heterocycles. The van der Waals surface area contributed by atoms with E-state index in [1.807, 2.05) is 54.3 Å². The molecule has 5 rings (SSSR count). The predicted octanol–water partition coefficient (Wildman–Crippen LogP) is 4.32. The van der Waals surface area contributed by atoms with Gasteiger partial charge in [-0.1, -0.05) is 36.4 Å². The van der Waals surface area contributed by atoms with Crippen molar-refractivity contribution in [3.8, 4) is 17.1 Å². The summed E-state index contributed by atoms with van der Waals surface area (Å²) in [7, 11) is 0. The standard InChI is InChI=1S/C27H30N4O3/c1-2-33-25-21(9-6-14-29-25)23-11-10-22-24(30-23)17-31(19-27(22)12-15-28-16-13-27)26(32)34-18-20-7-4-3-5-8-20/h3-11,14,28H,2,12-13,15-19H2,1H3. The number of piperidine rings is 1. The number of pyridine rings is 2. The number of aromatic nitrogens is 2. The minimum absolute atomic E-state index is 0.117. The molecule has 1 aromatic carbocycles. The van der Waals surface area contributed by atoms with Crippen molar-refractivity contribution in [2.24, 2.45) is 0 Å². The number of rotatable bonds is 5. The van der Waals surface area contributed by atoms with Crippen LogP contribution >= 0.6 is 0 Å². The molecule has 0 unspecified atom stereocenters. The van der Waals surface area contributed by atoms with Gasteiger partial charge in [-0.2, -0.15) is 0 Å². The first-order chi connectivity index (χ1) is 16.7. The number of benzene rings is 1. The SMILES string of the molecule is CCOc1ncccc1-c1ccc2c(n1)CN(C(=O)OCc1ccccc1)CC21CCNCC1. The number of carbonyl (C=O) groups excluding carboxylic acids is 1. The molecule has 7 nitrogen and oxygen atoms in total. The van der Waals surface area contributed by atoms with E-state index in [1.54, 1.807) is 6.20 Å². The Morgan fingerprint density at radius 3 is 2.71 bits per heavy atom. The third-order valence-corrected chi connectivity index (χ3v) is 6.73. The summed E-state index contributed by atoms with van der Waals surface area (Å²) in [4.78, 5) is 24.4. The molecule has 3 aromatic rings. The lowest BCUT2D eigenvalue weighted by molar-refractivity contribution is 0.0721. The van der Waals surface area contributed by atoms with Gasteiger partial charge in [-0.25, -0.2) is 9.78 Å². The first-order valence-electron chi connectivity index (χ1n) is 11.9. The Hall–Kier alpha value is -3.45. The minimum Gasteiger partial charge on any atom is -0.477 e. The molecule has 1 spiro atoms. The highest BCUT2D eigenvalue weighted by Gasteiger charge is 2.43. The van der Waals surface area contributed by atoms with Crippen molar-refractivity contribution in [3.05, 3.63) is 77.6 Å². The van der Waals surface area contributed by atoms with Crippen LogP contribution in [0.1, 0.15) is 36.6 Å². The number of amides is 1. The molecule has 0 atom stereocenters. The minimum atomic E-state index is -0.295. The molecular weight excluding hydrogens is 428 g/mol. The maximum Gasteiger partial charge on any atom is 0.410 e. The van der Waals surface area contributed by atoms with Crippen molar-refractivity contribution in [2.75, 3.05) is 26.2 Å². The summed E-state index contributed by atoms with van der Waals surface area (Å²) in [6.07, 6.45) is 3.35. The summed E-state index contributed by atoms with van der Waals surface area (Å²) in [5.74, 6) is 0.573. The quantitative estimate of drug-likeness (QED) is 0.614. The van der Waals surface area contributed by atoms with Crippen molar-refractivity contribution < 1.29 is 14.3 Å². The molecule has 0 saturated carbocycles. The Kier molecular flexibility index (Phi) is 6.45. The molecule has 0 bridgehead atoms. The van der Waals surface area contributed by atoms with Gasteiger partial charge in [0, 0.05) is 18.2 Å². The highest BCUT2D eigenvalue weighted by Crippen LogP contribution is 2.41. The third kappa shape index (κ3) is 4.48. The van der Waals surface area contributed by atoms with Crippen molar-refractivity contribution >= 4 is 6.09 Å². The second-order valence-electron chi connectivity index (χ2n) is 8.91. The molecule has 1 amide bonds. The van der Waals surface area contributed by atoms with Crippen LogP contribution in [-0.2, 0) is 23.3 Å². The number of nitrogens with one attached hydrogen (secondary N) is 1. The average Bonchev–Trinajstić information content (AvgIpc) is 2.88. The van der Waals surface area contributed by atoms with Crippen LogP contribution in [0.15, 0.2) is 60.8 Å². The second kappa shape index (κ2) is 9.81. The van der Waals surface area contributed by atoms with E-state index in [4.69, 9.17) is 14.5 Å². The van der Waals surface area contributed by atoms with E-state index in [2.05, 4.69) is 22.4 Å². The van der Waals surface area contributed by atoms with Crippen LogP contribution in [0.2, 0.25) is 0 Å². The van der Waals surface area contributed by atoms with Crippen LogP contribution in [0.25, 0.3) is 11.3 Å². The number of carbonyl (C=O) groups is 1. The largest absolute Gasteiger partial charge is 0.477 e. The van der Waals surface area contributed by atoms with Gasteiger partial charge >= 0.3 is 6.09 Å². The summed E-state index contributed by atoms with van der Waals surface area (Å²) in [5, 5.41) is 3.46. The van der Waals surface area contributed by atoms with E-state index < -0.39 is 0 Å². The molecular formula is C27H30N4O3. The van der Waals surface area contributed by atoms with Crippen LogP contribution in [-0.4, -0.2) is 47.2 Å². The number of hydrogen-bond acceptors (Lipinski definition) is 6. The molecule has 1 N–H and O–H groups in total. The highest BCUT2D eigenvalue weighted by molar-refractivity contribution is 5.69. The summed E-state index contributed by atoms with van der Waals surface area (Å²) in [5.41, 5.74) is 4.69. The van der Waals surface area contributed by atoms with Gasteiger partial charge in [0.1, 0.15) is 6.61 Å². The van der Waals surface area contributed by atoms with Gasteiger partial charge in [0.05, 0.1) is 30.1 Å². The van der Waals surface area contributed by atoms with Crippen LogP contribution in [0, 0.1) is 0 Å².